The van der Waals surface area contributed by atoms with Crippen molar-refractivity contribution in [3.05, 3.63) is 59.9 Å². The van der Waals surface area contributed by atoms with Crippen molar-refractivity contribution in [1.29, 1.82) is 0 Å². The Balaban J connectivity index is 1.45. The van der Waals surface area contributed by atoms with E-state index in [-0.39, 0.29) is 6.01 Å². The average molecular weight is 392 g/mol. The van der Waals surface area contributed by atoms with Crippen LogP contribution in [-0.2, 0) is 0 Å². The number of urea groups is 1. The highest BCUT2D eigenvalue weighted by Gasteiger charge is 2.15. The molecule has 1 aliphatic heterocycles. The van der Waals surface area contributed by atoms with Crippen molar-refractivity contribution in [2.45, 2.75) is 13.8 Å². The van der Waals surface area contributed by atoms with E-state index in [1.54, 1.807) is 32.0 Å². The number of para-hydroxylation sites is 1. The van der Waals surface area contributed by atoms with Crippen LogP contribution in [0.2, 0.25) is 0 Å². The zero-order valence-electron chi connectivity index (χ0n) is 16.1. The molecule has 8 nitrogen and oxygen atoms in total. The molecule has 2 amide bonds. The quantitative estimate of drug-likeness (QED) is 0.687. The Morgan fingerprint density at radius 1 is 0.931 bits per heavy atom. The molecule has 0 fully saturated rings. The van der Waals surface area contributed by atoms with Crippen molar-refractivity contribution in [2.24, 2.45) is 0 Å². The van der Waals surface area contributed by atoms with E-state index >= 15 is 0 Å². The molecule has 0 unspecified atom stereocenters. The summed E-state index contributed by atoms with van der Waals surface area (Å²) in [6.07, 6.45) is 0. The molecule has 2 N–H and O–H groups in total. The number of rotatable bonds is 4. The van der Waals surface area contributed by atoms with Crippen molar-refractivity contribution in [1.82, 2.24) is 9.97 Å². The molecule has 1 aromatic heterocycles. The number of aromatic nitrogens is 2. The molecule has 4 rings (SSSR count). The minimum atomic E-state index is -0.409. The molecule has 0 saturated carbocycles. The Morgan fingerprint density at radius 3 is 2.34 bits per heavy atom. The predicted octanol–water partition coefficient (Wildman–Crippen LogP) is 4.30. The summed E-state index contributed by atoms with van der Waals surface area (Å²) in [6.45, 7) is 4.57. The van der Waals surface area contributed by atoms with Crippen LogP contribution < -0.4 is 24.8 Å². The third-order valence-corrected chi connectivity index (χ3v) is 4.24. The normalized spacial score (nSPS) is 12.2. The van der Waals surface area contributed by atoms with Gasteiger partial charge in [0.2, 0.25) is 0 Å². The molecular formula is C21H20N4O4. The third-order valence-electron chi connectivity index (χ3n) is 4.24. The minimum absolute atomic E-state index is 0.226. The lowest BCUT2D eigenvalue weighted by Crippen LogP contribution is -2.22. The summed E-state index contributed by atoms with van der Waals surface area (Å²) in [4.78, 5) is 21.1. The molecule has 8 heteroatoms. The van der Waals surface area contributed by atoms with E-state index in [1.165, 1.54) is 0 Å². The number of carbonyl (C=O) groups excluding carboxylic acids is 1. The molecule has 0 bridgehead atoms. The molecule has 3 aromatic rings. The maximum Gasteiger partial charge on any atom is 0.323 e. The fraction of sp³-hybridized carbons (Fsp3) is 0.190. The molecule has 0 radical (unpaired) electrons. The van der Waals surface area contributed by atoms with Crippen molar-refractivity contribution >= 4 is 17.4 Å². The van der Waals surface area contributed by atoms with Crippen molar-refractivity contribution in [2.75, 3.05) is 23.8 Å². The van der Waals surface area contributed by atoms with Gasteiger partial charge in [0, 0.05) is 11.8 Å². The SMILES string of the molecule is Cc1nc(Oc2ccccc2)nc(C)c1NC(=O)Nc1ccc2c(c1)OCCO2. The van der Waals surface area contributed by atoms with Crippen LogP contribution in [0.15, 0.2) is 48.5 Å². The number of carbonyl (C=O) groups is 1. The Bertz CT molecular complexity index is 1020. The van der Waals surface area contributed by atoms with Gasteiger partial charge in [-0.15, -0.1) is 0 Å². The van der Waals surface area contributed by atoms with Gasteiger partial charge in [-0.1, -0.05) is 18.2 Å². The van der Waals surface area contributed by atoms with Crippen LogP contribution in [0.1, 0.15) is 11.4 Å². The average Bonchev–Trinajstić information content (AvgIpc) is 2.71. The number of aryl methyl sites for hydroxylation is 2. The van der Waals surface area contributed by atoms with Gasteiger partial charge in [-0.25, -0.2) is 4.79 Å². The highest BCUT2D eigenvalue weighted by atomic mass is 16.6. The van der Waals surface area contributed by atoms with E-state index in [0.717, 1.165) is 0 Å². The molecule has 2 aromatic carbocycles. The summed E-state index contributed by atoms with van der Waals surface area (Å²) in [6, 6.07) is 14.3. The highest BCUT2D eigenvalue weighted by molar-refractivity contribution is 6.00. The molecule has 2 heterocycles. The summed E-state index contributed by atoms with van der Waals surface area (Å²) in [5.41, 5.74) is 2.31. The van der Waals surface area contributed by atoms with Gasteiger partial charge in [0.15, 0.2) is 11.5 Å². The predicted molar refractivity (Wildman–Crippen MR) is 108 cm³/mol. The Morgan fingerprint density at radius 2 is 1.62 bits per heavy atom. The lowest BCUT2D eigenvalue weighted by molar-refractivity contribution is 0.171. The van der Waals surface area contributed by atoms with E-state index in [2.05, 4.69) is 20.6 Å². The summed E-state index contributed by atoms with van der Waals surface area (Å²) in [7, 11) is 0. The Hall–Kier alpha value is -3.81. The number of nitrogens with one attached hydrogen (secondary N) is 2. The van der Waals surface area contributed by atoms with Gasteiger partial charge < -0.3 is 24.8 Å². The second-order valence-electron chi connectivity index (χ2n) is 6.40. The topological polar surface area (TPSA) is 94.6 Å². The second-order valence-corrected chi connectivity index (χ2v) is 6.40. The number of amides is 2. The molecular weight excluding hydrogens is 372 g/mol. The molecule has 0 spiro atoms. The second kappa shape index (κ2) is 8.05. The van der Waals surface area contributed by atoms with Crippen molar-refractivity contribution < 1.29 is 19.0 Å². The molecule has 0 atom stereocenters. The Kier molecular flexibility index (Phi) is 5.15. The zero-order valence-corrected chi connectivity index (χ0v) is 16.1. The van der Waals surface area contributed by atoms with E-state index < -0.39 is 6.03 Å². The van der Waals surface area contributed by atoms with Crippen LogP contribution in [0.4, 0.5) is 16.2 Å². The van der Waals surface area contributed by atoms with Crippen LogP contribution in [-0.4, -0.2) is 29.2 Å². The first-order valence-corrected chi connectivity index (χ1v) is 9.14. The first kappa shape index (κ1) is 18.5. The highest BCUT2D eigenvalue weighted by Crippen LogP contribution is 2.32. The van der Waals surface area contributed by atoms with Crippen LogP contribution in [0.25, 0.3) is 0 Å². The molecule has 29 heavy (non-hydrogen) atoms. The van der Waals surface area contributed by atoms with Gasteiger partial charge in [-0.2, -0.15) is 9.97 Å². The number of nitrogens with zero attached hydrogens (tertiary/aromatic N) is 2. The van der Waals surface area contributed by atoms with Gasteiger partial charge in [-0.05, 0) is 38.1 Å². The van der Waals surface area contributed by atoms with E-state index in [9.17, 15) is 4.79 Å². The fourth-order valence-corrected chi connectivity index (χ4v) is 2.90. The number of fused-ring (bicyclic) bond motifs is 1. The standard InChI is InChI=1S/C21H20N4O4/c1-13-19(14(2)23-21(22-13)29-16-6-4-3-5-7-16)25-20(26)24-15-8-9-17-18(12-15)28-11-10-27-17/h3-9,12H,10-11H2,1-2H3,(H2,24,25,26). The van der Waals surface area contributed by atoms with Gasteiger partial charge in [-0.3, -0.25) is 0 Å². The van der Waals surface area contributed by atoms with Crippen molar-refractivity contribution in [3.8, 4) is 23.3 Å². The monoisotopic (exact) mass is 392 g/mol. The summed E-state index contributed by atoms with van der Waals surface area (Å²) >= 11 is 0. The lowest BCUT2D eigenvalue weighted by atomic mass is 10.2. The molecule has 148 valence electrons. The number of benzene rings is 2. The maximum absolute atomic E-state index is 12.4. The van der Waals surface area contributed by atoms with Gasteiger partial charge in [0.1, 0.15) is 19.0 Å². The van der Waals surface area contributed by atoms with Gasteiger partial charge >= 0.3 is 12.0 Å². The minimum Gasteiger partial charge on any atom is -0.486 e. The van der Waals surface area contributed by atoms with Crippen LogP contribution in [0, 0.1) is 13.8 Å². The van der Waals surface area contributed by atoms with Crippen LogP contribution in [0.5, 0.6) is 23.3 Å². The largest absolute Gasteiger partial charge is 0.486 e. The first-order valence-electron chi connectivity index (χ1n) is 9.14. The van der Waals surface area contributed by atoms with Crippen molar-refractivity contribution in [3.63, 3.8) is 0 Å². The lowest BCUT2D eigenvalue weighted by Gasteiger charge is -2.19. The third kappa shape index (κ3) is 4.37. The summed E-state index contributed by atoms with van der Waals surface area (Å²) < 4.78 is 16.7. The molecule has 0 aliphatic carbocycles. The van der Waals surface area contributed by atoms with E-state index in [0.29, 0.717) is 53.2 Å². The number of hydrogen-bond donors (Lipinski definition) is 2. The molecule has 1 aliphatic rings. The summed E-state index contributed by atoms with van der Waals surface area (Å²) in [5.74, 6) is 1.91. The smallest absolute Gasteiger partial charge is 0.323 e. The van der Waals surface area contributed by atoms with Crippen LogP contribution >= 0.6 is 0 Å². The van der Waals surface area contributed by atoms with Crippen LogP contribution in [0.3, 0.4) is 0 Å². The number of ether oxygens (including phenoxy) is 3. The first-order chi connectivity index (χ1) is 14.1. The zero-order chi connectivity index (χ0) is 20.2. The van der Waals surface area contributed by atoms with Gasteiger partial charge in [0.25, 0.3) is 0 Å². The number of hydrogen-bond acceptors (Lipinski definition) is 6. The molecule has 0 saturated heterocycles. The fourth-order valence-electron chi connectivity index (χ4n) is 2.90. The van der Waals surface area contributed by atoms with E-state index in [1.807, 2.05) is 30.3 Å². The van der Waals surface area contributed by atoms with Gasteiger partial charge in [0.05, 0.1) is 17.1 Å². The maximum atomic E-state index is 12.4. The Labute approximate surface area is 167 Å². The van der Waals surface area contributed by atoms with E-state index in [4.69, 9.17) is 14.2 Å². The summed E-state index contributed by atoms with van der Waals surface area (Å²) in [5, 5.41) is 5.57. The number of anilines is 2.